The van der Waals surface area contributed by atoms with E-state index in [2.05, 4.69) is 26.5 Å². The van der Waals surface area contributed by atoms with Gasteiger partial charge in [-0.3, -0.25) is 4.79 Å². The fourth-order valence-electron chi connectivity index (χ4n) is 1.81. The summed E-state index contributed by atoms with van der Waals surface area (Å²) < 4.78 is 6.28. The van der Waals surface area contributed by atoms with Gasteiger partial charge in [-0.1, -0.05) is 45.8 Å². The molecule has 2 aromatic carbocycles. The van der Waals surface area contributed by atoms with E-state index in [1.807, 2.05) is 44.2 Å². The van der Waals surface area contributed by atoms with Gasteiger partial charge in [0.05, 0.1) is 6.21 Å². The predicted octanol–water partition coefficient (Wildman–Crippen LogP) is 3.60. The van der Waals surface area contributed by atoms with Crippen LogP contribution in [0.5, 0.6) is 5.75 Å². The van der Waals surface area contributed by atoms with Crippen molar-refractivity contribution >= 4 is 28.1 Å². The number of hydrogen-bond acceptors (Lipinski definition) is 3. The van der Waals surface area contributed by atoms with Gasteiger partial charge in [-0.15, -0.1) is 0 Å². The summed E-state index contributed by atoms with van der Waals surface area (Å²) in [5.41, 5.74) is 5.69. The van der Waals surface area contributed by atoms with E-state index in [0.717, 1.165) is 21.2 Å². The van der Waals surface area contributed by atoms with Gasteiger partial charge in [0.25, 0.3) is 5.91 Å². The number of nitrogens with one attached hydrogen (secondary N) is 1. The summed E-state index contributed by atoms with van der Waals surface area (Å²) >= 11 is 3.35. The molecule has 0 bridgehead atoms. The summed E-state index contributed by atoms with van der Waals surface area (Å²) in [5, 5.41) is 3.96. The summed E-state index contributed by atoms with van der Waals surface area (Å²) in [6.07, 6.45) is 1.64. The van der Waals surface area contributed by atoms with Crippen LogP contribution < -0.4 is 10.2 Å². The van der Waals surface area contributed by atoms with Crippen molar-refractivity contribution in [1.82, 2.24) is 5.43 Å². The first-order chi connectivity index (χ1) is 10.5. The molecule has 0 unspecified atom stereocenters. The van der Waals surface area contributed by atoms with Crippen LogP contribution >= 0.6 is 15.9 Å². The summed E-state index contributed by atoms with van der Waals surface area (Å²) in [5.74, 6) is 0.324. The van der Waals surface area contributed by atoms with Crippen molar-refractivity contribution in [1.29, 1.82) is 0 Å². The van der Waals surface area contributed by atoms with Gasteiger partial charge in [0, 0.05) is 4.47 Å². The second kappa shape index (κ2) is 7.75. The van der Waals surface area contributed by atoms with Crippen LogP contribution in [0.4, 0.5) is 0 Å². The Morgan fingerprint density at radius 2 is 2.09 bits per heavy atom. The first-order valence-electron chi connectivity index (χ1n) is 6.82. The largest absolute Gasteiger partial charge is 0.484 e. The Bertz CT molecular complexity index is 699. The monoisotopic (exact) mass is 360 g/mol. The Balaban J connectivity index is 1.85. The van der Waals surface area contributed by atoms with E-state index in [9.17, 15) is 4.79 Å². The zero-order chi connectivity index (χ0) is 15.9. The molecule has 0 saturated carbocycles. The minimum atomic E-state index is -0.304. The maximum Gasteiger partial charge on any atom is 0.277 e. The third kappa shape index (κ3) is 5.00. The number of aryl methyl sites for hydroxylation is 2. The molecule has 22 heavy (non-hydrogen) atoms. The Hall–Kier alpha value is -2.14. The zero-order valence-electron chi connectivity index (χ0n) is 12.5. The Kier molecular flexibility index (Phi) is 5.72. The topological polar surface area (TPSA) is 50.7 Å². The lowest BCUT2D eigenvalue weighted by molar-refractivity contribution is -0.123. The third-order valence-corrected chi connectivity index (χ3v) is 3.49. The summed E-state index contributed by atoms with van der Waals surface area (Å²) in [6, 6.07) is 13.4. The molecule has 0 aliphatic carbocycles. The quantitative estimate of drug-likeness (QED) is 0.654. The van der Waals surface area contributed by atoms with Crippen LogP contribution in [0.15, 0.2) is 52.0 Å². The van der Waals surface area contributed by atoms with Crippen molar-refractivity contribution < 1.29 is 9.53 Å². The predicted molar refractivity (Wildman–Crippen MR) is 91.3 cm³/mol. The number of halogens is 1. The molecule has 2 rings (SSSR count). The number of carbonyl (C=O) groups is 1. The van der Waals surface area contributed by atoms with Gasteiger partial charge in [-0.2, -0.15) is 5.10 Å². The van der Waals surface area contributed by atoms with Gasteiger partial charge >= 0.3 is 0 Å². The van der Waals surface area contributed by atoms with Crippen LogP contribution in [-0.2, 0) is 4.79 Å². The molecule has 5 heteroatoms. The molecule has 0 aliphatic rings. The van der Waals surface area contributed by atoms with Crippen LogP contribution in [0, 0.1) is 13.8 Å². The highest BCUT2D eigenvalue weighted by Gasteiger charge is 2.02. The van der Waals surface area contributed by atoms with Gasteiger partial charge in [0.15, 0.2) is 6.61 Å². The van der Waals surface area contributed by atoms with Crippen molar-refractivity contribution in [2.24, 2.45) is 5.10 Å². The van der Waals surface area contributed by atoms with Crippen LogP contribution in [0.2, 0.25) is 0 Å². The molecule has 2 aromatic rings. The Morgan fingerprint density at radius 1 is 1.27 bits per heavy atom. The van der Waals surface area contributed by atoms with Crippen LogP contribution in [0.25, 0.3) is 0 Å². The molecule has 1 amide bonds. The Morgan fingerprint density at radius 3 is 2.86 bits per heavy atom. The van der Waals surface area contributed by atoms with Gasteiger partial charge in [0.1, 0.15) is 5.75 Å². The maximum absolute atomic E-state index is 11.7. The number of hydrazone groups is 1. The van der Waals surface area contributed by atoms with Crippen molar-refractivity contribution in [3.05, 3.63) is 63.6 Å². The normalized spacial score (nSPS) is 10.7. The minimum Gasteiger partial charge on any atom is -0.484 e. The lowest BCUT2D eigenvalue weighted by Gasteiger charge is -2.05. The molecule has 0 spiro atoms. The molecule has 0 heterocycles. The molecule has 0 fully saturated rings. The summed E-state index contributed by atoms with van der Waals surface area (Å²) in [4.78, 5) is 11.7. The van der Waals surface area contributed by atoms with Crippen molar-refractivity contribution in [3.8, 4) is 5.75 Å². The van der Waals surface area contributed by atoms with Gasteiger partial charge in [0.2, 0.25) is 0 Å². The van der Waals surface area contributed by atoms with Crippen molar-refractivity contribution in [2.45, 2.75) is 13.8 Å². The molecule has 0 radical (unpaired) electrons. The third-order valence-electron chi connectivity index (χ3n) is 2.99. The standard InChI is InChI=1S/C17H17BrN2O2/c1-12-6-7-13(2)14(8-12)10-19-20-17(21)11-22-16-5-3-4-15(18)9-16/h3-10H,11H2,1-2H3,(H,20,21)/b19-10-. The first kappa shape index (κ1) is 16.2. The van der Waals surface area contributed by atoms with E-state index in [4.69, 9.17) is 4.74 Å². The van der Waals surface area contributed by atoms with Gasteiger partial charge in [-0.05, 0) is 43.2 Å². The van der Waals surface area contributed by atoms with Crippen molar-refractivity contribution in [3.63, 3.8) is 0 Å². The number of carbonyl (C=O) groups excluding carboxylic acids is 1. The van der Waals surface area contributed by atoms with E-state index < -0.39 is 0 Å². The molecule has 0 aromatic heterocycles. The highest BCUT2D eigenvalue weighted by molar-refractivity contribution is 9.10. The van der Waals surface area contributed by atoms with Crippen molar-refractivity contribution in [2.75, 3.05) is 6.61 Å². The minimum absolute atomic E-state index is 0.0827. The molecule has 0 atom stereocenters. The summed E-state index contributed by atoms with van der Waals surface area (Å²) in [7, 11) is 0. The number of rotatable bonds is 5. The lowest BCUT2D eigenvalue weighted by atomic mass is 10.1. The zero-order valence-corrected chi connectivity index (χ0v) is 14.1. The fraction of sp³-hybridized carbons (Fsp3) is 0.176. The number of ether oxygens (including phenoxy) is 1. The summed E-state index contributed by atoms with van der Waals surface area (Å²) in [6.45, 7) is 3.93. The molecule has 1 N–H and O–H groups in total. The van der Waals surface area contributed by atoms with Crippen LogP contribution in [-0.4, -0.2) is 18.7 Å². The number of nitrogens with zero attached hydrogens (tertiary/aromatic N) is 1. The maximum atomic E-state index is 11.7. The molecular weight excluding hydrogens is 344 g/mol. The highest BCUT2D eigenvalue weighted by atomic mass is 79.9. The van der Waals surface area contributed by atoms with E-state index in [1.54, 1.807) is 18.3 Å². The average molecular weight is 361 g/mol. The smallest absolute Gasteiger partial charge is 0.277 e. The molecule has 0 aliphatic heterocycles. The van der Waals surface area contributed by atoms with E-state index >= 15 is 0 Å². The number of benzene rings is 2. The van der Waals surface area contributed by atoms with Gasteiger partial charge < -0.3 is 4.74 Å². The molecule has 4 nitrogen and oxygen atoms in total. The fourth-order valence-corrected chi connectivity index (χ4v) is 2.19. The SMILES string of the molecule is Cc1ccc(C)c(/C=N\NC(=O)COc2cccc(Br)c2)c1. The number of hydrogen-bond donors (Lipinski definition) is 1. The lowest BCUT2D eigenvalue weighted by Crippen LogP contribution is -2.24. The molecular formula is C17H17BrN2O2. The van der Waals surface area contributed by atoms with E-state index in [0.29, 0.717) is 5.75 Å². The van der Waals surface area contributed by atoms with Crippen LogP contribution in [0.3, 0.4) is 0 Å². The molecule has 114 valence electrons. The number of amides is 1. The van der Waals surface area contributed by atoms with Gasteiger partial charge in [-0.25, -0.2) is 5.43 Å². The second-order valence-electron chi connectivity index (χ2n) is 4.90. The van der Waals surface area contributed by atoms with E-state index in [1.165, 1.54) is 0 Å². The first-order valence-corrected chi connectivity index (χ1v) is 7.61. The second-order valence-corrected chi connectivity index (χ2v) is 5.81. The van der Waals surface area contributed by atoms with Crippen LogP contribution in [0.1, 0.15) is 16.7 Å². The average Bonchev–Trinajstić information content (AvgIpc) is 2.49. The molecule has 0 saturated heterocycles. The van der Waals surface area contributed by atoms with E-state index in [-0.39, 0.29) is 12.5 Å². The Labute approximate surface area is 138 Å². The highest BCUT2D eigenvalue weighted by Crippen LogP contribution is 2.17.